The van der Waals surface area contributed by atoms with Gasteiger partial charge in [0.2, 0.25) is 0 Å². The first-order chi connectivity index (χ1) is 21.2. The Morgan fingerprint density at radius 1 is 1.14 bits per heavy atom. The van der Waals surface area contributed by atoms with Crippen molar-refractivity contribution in [2.75, 3.05) is 43.4 Å². The summed E-state index contributed by atoms with van der Waals surface area (Å²) in [5.74, 6) is -0.0821. The van der Waals surface area contributed by atoms with Crippen molar-refractivity contribution in [1.82, 2.24) is 25.2 Å². The normalized spacial score (nSPS) is 26.9. The van der Waals surface area contributed by atoms with Gasteiger partial charge in [0.05, 0.1) is 26.3 Å². The summed E-state index contributed by atoms with van der Waals surface area (Å²) < 4.78 is 65.2. The van der Waals surface area contributed by atoms with Gasteiger partial charge >= 0.3 is 6.01 Å². The highest BCUT2D eigenvalue weighted by atomic mass is 35.5. The number of hydrogen-bond acceptors (Lipinski definition) is 9. The van der Waals surface area contributed by atoms with E-state index in [1.807, 2.05) is 0 Å². The number of nitrogen functional groups attached to an aromatic ring is 1. The maximum Gasteiger partial charge on any atom is 0.319 e. The van der Waals surface area contributed by atoms with Crippen LogP contribution < -0.4 is 20.7 Å². The second-order valence-electron chi connectivity index (χ2n) is 12.4. The summed E-state index contributed by atoms with van der Waals surface area (Å²) in [6.07, 6.45) is 0.364. The number of piperazine rings is 1. The first-order valence-corrected chi connectivity index (χ1v) is 16.1. The number of fused-ring (bicyclic) bond motifs is 5. The molecular weight excluding hydrogens is 618 g/mol. The molecule has 6 heterocycles. The largest absolute Gasteiger partial charge is 0.461 e. The van der Waals surface area contributed by atoms with E-state index in [-0.39, 0.29) is 67.3 Å². The predicted molar refractivity (Wildman–Crippen MR) is 163 cm³/mol. The molecule has 4 aliphatic rings. The van der Waals surface area contributed by atoms with Crippen molar-refractivity contribution < 1.29 is 22.3 Å². The fourth-order valence-electron chi connectivity index (χ4n) is 7.77. The van der Waals surface area contributed by atoms with Crippen LogP contribution in [0.5, 0.6) is 6.01 Å². The SMILES string of the molecule is Nc1nc2c(-c3c(C(F)F)cc4c(N5CC6CCC(C5)N6)nc(OC[C@@]56CCCN5C[C@H](F)C6)nc4c3Cl)ccc(F)c2s1. The molecule has 0 radical (unpaired) electrons. The number of aromatic nitrogens is 3. The molecule has 4 aromatic rings. The number of halogens is 5. The van der Waals surface area contributed by atoms with Crippen LogP contribution in [0.25, 0.3) is 32.2 Å². The van der Waals surface area contributed by atoms with Gasteiger partial charge in [-0.15, -0.1) is 0 Å². The second-order valence-corrected chi connectivity index (χ2v) is 13.8. The number of thiazole rings is 1. The van der Waals surface area contributed by atoms with E-state index in [0.29, 0.717) is 37.3 Å². The number of rotatable bonds is 6. The Morgan fingerprint density at radius 2 is 1.93 bits per heavy atom. The van der Waals surface area contributed by atoms with E-state index in [9.17, 15) is 17.6 Å². The van der Waals surface area contributed by atoms with Gasteiger partial charge in [0.25, 0.3) is 6.43 Å². The standard InChI is InChI=1S/C30H30ClF4N7OS/c31-22-21(17-4-5-20(33)25-24(17)38-28(36)44-25)18(26(34)35)8-19-23(22)39-29(40-27(19)41-11-15-2-3-16(12-41)37-15)43-13-30-6-1-7-42(30)10-14(32)9-30/h4-5,8,14-16,26,37H,1-3,6-7,9-13H2,(H2,36,38)/t14-,15?,16?,30+/m1/s1. The summed E-state index contributed by atoms with van der Waals surface area (Å²) in [7, 11) is 0. The summed E-state index contributed by atoms with van der Waals surface area (Å²) in [6, 6.07) is 4.54. The van der Waals surface area contributed by atoms with Crippen LogP contribution in [0.15, 0.2) is 18.2 Å². The van der Waals surface area contributed by atoms with Gasteiger partial charge in [-0.05, 0) is 50.4 Å². The summed E-state index contributed by atoms with van der Waals surface area (Å²) in [4.78, 5) is 18.0. The van der Waals surface area contributed by atoms with Crippen LogP contribution in [0.4, 0.5) is 28.5 Å². The lowest BCUT2D eigenvalue weighted by Gasteiger charge is -2.35. The summed E-state index contributed by atoms with van der Waals surface area (Å²) >= 11 is 7.98. The fraction of sp³-hybridized carbons (Fsp3) is 0.500. The van der Waals surface area contributed by atoms with Gasteiger partial charge in [-0.25, -0.2) is 22.5 Å². The molecular formula is C30H30ClF4N7OS. The lowest BCUT2D eigenvalue weighted by atomic mass is 9.95. The monoisotopic (exact) mass is 647 g/mol. The van der Waals surface area contributed by atoms with Crippen molar-refractivity contribution >= 4 is 55.0 Å². The lowest BCUT2D eigenvalue weighted by molar-refractivity contribution is 0.107. The molecule has 3 N–H and O–H groups in total. The van der Waals surface area contributed by atoms with E-state index in [1.165, 1.54) is 18.2 Å². The molecule has 2 bridgehead atoms. The second kappa shape index (κ2) is 10.5. The molecule has 2 aromatic carbocycles. The van der Waals surface area contributed by atoms with E-state index in [4.69, 9.17) is 27.1 Å². The number of ether oxygens (including phenoxy) is 1. The molecule has 4 aliphatic heterocycles. The fourth-order valence-corrected chi connectivity index (χ4v) is 8.89. The number of anilines is 2. The van der Waals surface area contributed by atoms with Gasteiger partial charge in [0, 0.05) is 60.2 Å². The van der Waals surface area contributed by atoms with Crippen LogP contribution in [0, 0.1) is 5.82 Å². The van der Waals surface area contributed by atoms with Crippen LogP contribution in [0.3, 0.4) is 0 Å². The molecule has 0 saturated carbocycles. The molecule has 232 valence electrons. The van der Waals surface area contributed by atoms with Gasteiger partial charge in [-0.3, -0.25) is 4.90 Å². The molecule has 14 heteroatoms. The smallest absolute Gasteiger partial charge is 0.319 e. The molecule has 4 fully saturated rings. The van der Waals surface area contributed by atoms with Crippen LogP contribution in [0.2, 0.25) is 5.02 Å². The third kappa shape index (κ3) is 4.57. The molecule has 0 amide bonds. The van der Waals surface area contributed by atoms with E-state index < -0.39 is 24.0 Å². The van der Waals surface area contributed by atoms with Crippen LogP contribution >= 0.6 is 22.9 Å². The van der Waals surface area contributed by atoms with Gasteiger partial charge in [0.15, 0.2) is 5.13 Å². The van der Waals surface area contributed by atoms with Crippen molar-refractivity contribution in [3.63, 3.8) is 0 Å². The van der Waals surface area contributed by atoms with E-state index in [2.05, 4.69) is 25.1 Å². The Hall–Kier alpha value is -3.00. The Bertz CT molecular complexity index is 1780. The Labute approximate surface area is 259 Å². The number of alkyl halides is 3. The van der Waals surface area contributed by atoms with Crippen molar-refractivity contribution in [1.29, 1.82) is 0 Å². The zero-order valence-corrected chi connectivity index (χ0v) is 25.2. The molecule has 0 spiro atoms. The Kier molecular flexibility index (Phi) is 6.82. The molecule has 0 aliphatic carbocycles. The highest BCUT2D eigenvalue weighted by Crippen LogP contribution is 2.47. The van der Waals surface area contributed by atoms with Crippen molar-refractivity contribution in [3.8, 4) is 17.1 Å². The number of nitrogens with one attached hydrogen (secondary N) is 1. The average molecular weight is 648 g/mol. The zero-order valence-electron chi connectivity index (χ0n) is 23.6. The van der Waals surface area contributed by atoms with Gasteiger partial charge in [-0.1, -0.05) is 22.9 Å². The molecule has 44 heavy (non-hydrogen) atoms. The highest BCUT2D eigenvalue weighted by Gasteiger charge is 2.49. The molecule has 4 saturated heterocycles. The Balaban J connectivity index is 1.30. The minimum Gasteiger partial charge on any atom is -0.461 e. The summed E-state index contributed by atoms with van der Waals surface area (Å²) in [6.45, 7) is 2.69. The number of hydrogen-bond donors (Lipinski definition) is 2. The van der Waals surface area contributed by atoms with Gasteiger partial charge < -0.3 is 20.7 Å². The van der Waals surface area contributed by atoms with Gasteiger partial charge in [0.1, 0.15) is 24.4 Å². The molecule has 2 aromatic heterocycles. The molecule has 4 atom stereocenters. The topological polar surface area (TPSA) is 92.4 Å². The first-order valence-electron chi connectivity index (χ1n) is 14.9. The molecule has 8 rings (SSSR count). The predicted octanol–water partition coefficient (Wildman–Crippen LogP) is 6.11. The number of benzene rings is 2. The van der Waals surface area contributed by atoms with Crippen molar-refractivity contribution in [2.45, 2.75) is 62.3 Å². The molecule has 8 nitrogen and oxygen atoms in total. The number of nitrogens with two attached hydrogens (primary N) is 1. The van der Waals surface area contributed by atoms with Crippen LogP contribution in [-0.2, 0) is 0 Å². The Morgan fingerprint density at radius 3 is 2.70 bits per heavy atom. The lowest BCUT2D eigenvalue weighted by Crippen LogP contribution is -2.51. The third-order valence-corrected chi connectivity index (χ3v) is 10.9. The quantitative estimate of drug-likeness (QED) is 0.242. The van der Waals surface area contributed by atoms with E-state index >= 15 is 0 Å². The van der Waals surface area contributed by atoms with Crippen LogP contribution in [-0.4, -0.2) is 76.4 Å². The maximum atomic E-state index is 14.8. The minimum absolute atomic E-state index is 0.0112. The maximum absolute atomic E-state index is 14.8. The highest BCUT2D eigenvalue weighted by molar-refractivity contribution is 7.22. The van der Waals surface area contributed by atoms with Crippen molar-refractivity contribution in [3.05, 3.63) is 34.6 Å². The zero-order chi connectivity index (χ0) is 30.3. The average Bonchev–Trinajstić information content (AvgIpc) is 3.74. The van der Waals surface area contributed by atoms with Crippen molar-refractivity contribution in [2.24, 2.45) is 0 Å². The van der Waals surface area contributed by atoms with Crippen LogP contribution in [0.1, 0.15) is 44.1 Å². The summed E-state index contributed by atoms with van der Waals surface area (Å²) in [5, 5.41) is 4.04. The van der Waals surface area contributed by atoms with Gasteiger partial charge in [-0.2, -0.15) is 9.97 Å². The third-order valence-electron chi connectivity index (χ3n) is 9.68. The summed E-state index contributed by atoms with van der Waals surface area (Å²) in [5.41, 5.74) is 5.78. The molecule has 2 unspecified atom stereocenters. The minimum atomic E-state index is -2.91. The number of nitrogens with zero attached hydrogens (tertiary/aromatic N) is 5. The van der Waals surface area contributed by atoms with E-state index in [0.717, 1.165) is 43.6 Å². The van der Waals surface area contributed by atoms with E-state index in [1.54, 1.807) is 0 Å². The first kappa shape index (κ1) is 28.5.